The number of hydrogen-bond donors (Lipinski definition) is 0. The van der Waals surface area contributed by atoms with Gasteiger partial charge in [-0.05, 0) is 33.0 Å². The fraction of sp³-hybridized carbons (Fsp3) is 0.533. The topological polar surface area (TPSA) is 23.6 Å². The molecule has 0 unspecified atom stereocenters. The first-order chi connectivity index (χ1) is 9.06. The Morgan fingerprint density at radius 1 is 1.16 bits per heavy atom. The van der Waals surface area contributed by atoms with Crippen molar-refractivity contribution in [2.24, 2.45) is 0 Å². The minimum Gasteiger partial charge on any atom is -0.339 e. The van der Waals surface area contributed by atoms with Gasteiger partial charge in [0.2, 0.25) is 5.91 Å². The summed E-state index contributed by atoms with van der Waals surface area (Å²) in [5, 5.41) is -0.00823. The molecule has 1 aliphatic heterocycles. The number of aryl methyl sites for hydroxylation is 1. The Morgan fingerprint density at radius 2 is 1.74 bits per heavy atom. The number of amides is 1. The predicted octanol–water partition coefficient (Wildman–Crippen LogP) is 2.25. The van der Waals surface area contributed by atoms with E-state index in [0.29, 0.717) is 0 Å². The molecule has 0 radical (unpaired) electrons. The number of piperazine rings is 1. The number of likely N-dealkylation sites (N-methyl/N-ethyl adjacent to an activating group) is 1. The second-order valence-corrected chi connectivity index (χ2v) is 6.62. The highest BCUT2D eigenvalue weighted by molar-refractivity contribution is 8.00. The van der Waals surface area contributed by atoms with E-state index < -0.39 is 0 Å². The van der Waals surface area contributed by atoms with E-state index in [1.54, 1.807) is 11.8 Å². The number of benzene rings is 1. The Morgan fingerprint density at radius 3 is 2.32 bits per heavy atom. The minimum absolute atomic E-state index is 0.00823. The SMILES string of the molecule is Cc1ccc(S[C@@H](C)C(=O)N2CCN(C)CC2)cc1. The van der Waals surface area contributed by atoms with Crippen molar-refractivity contribution in [2.75, 3.05) is 33.2 Å². The summed E-state index contributed by atoms with van der Waals surface area (Å²) in [4.78, 5) is 17.8. The fourth-order valence-corrected chi connectivity index (χ4v) is 3.11. The molecule has 1 saturated heterocycles. The van der Waals surface area contributed by atoms with Crippen LogP contribution in [0.5, 0.6) is 0 Å². The van der Waals surface area contributed by atoms with Gasteiger partial charge in [-0.15, -0.1) is 11.8 Å². The smallest absolute Gasteiger partial charge is 0.235 e. The Hall–Kier alpha value is -1.00. The predicted molar refractivity (Wildman–Crippen MR) is 80.6 cm³/mol. The van der Waals surface area contributed by atoms with Crippen molar-refractivity contribution in [3.8, 4) is 0 Å². The summed E-state index contributed by atoms with van der Waals surface area (Å²) >= 11 is 1.65. The van der Waals surface area contributed by atoms with Gasteiger partial charge in [-0.2, -0.15) is 0 Å². The van der Waals surface area contributed by atoms with Crippen LogP contribution >= 0.6 is 11.8 Å². The number of nitrogens with zero attached hydrogens (tertiary/aromatic N) is 2. The van der Waals surface area contributed by atoms with Crippen LogP contribution in [-0.2, 0) is 4.79 Å². The third-order valence-corrected chi connectivity index (χ3v) is 4.60. The zero-order valence-corrected chi connectivity index (χ0v) is 12.7. The minimum atomic E-state index is -0.00823. The summed E-state index contributed by atoms with van der Waals surface area (Å²) < 4.78 is 0. The molecular formula is C15H22N2OS. The van der Waals surface area contributed by atoms with Gasteiger partial charge >= 0.3 is 0 Å². The summed E-state index contributed by atoms with van der Waals surface area (Å²) in [5.41, 5.74) is 1.25. The Bertz CT molecular complexity index is 424. The average Bonchev–Trinajstić information content (AvgIpc) is 2.41. The van der Waals surface area contributed by atoms with E-state index >= 15 is 0 Å². The van der Waals surface area contributed by atoms with Crippen molar-refractivity contribution in [3.05, 3.63) is 29.8 Å². The quantitative estimate of drug-likeness (QED) is 0.792. The van der Waals surface area contributed by atoms with Crippen molar-refractivity contribution in [1.29, 1.82) is 0 Å². The molecule has 1 fully saturated rings. The molecule has 0 aromatic heterocycles. The van der Waals surface area contributed by atoms with E-state index in [2.05, 4.69) is 43.1 Å². The summed E-state index contributed by atoms with van der Waals surface area (Å²) in [7, 11) is 2.10. The van der Waals surface area contributed by atoms with Gasteiger partial charge in [-0.3, -0.25) is 4.79 Å². The first-order valence-electron chi connectivity index (χ1n) is 6.77. The molecule has 0 bridgehead atoms. The van der Waals surface area contributed by atoms with Crippen LogP contribution in [-0.4, -0.2) is 54.2 Å². The molecule has 1 aromatic rings. The van der Waals surface area contributed by atoms with Crippen molar-refractivity contribution < 1.29 is 4.79 Å². The first-order valence-corrected chi connectivity index (χ1v) is 7.65. The van der Waals surface area contributed by atoms with Gasteiger partial charge in [-0.1, -0.05) is 17.7 Å². The molecule has 0 spiro atoms. The molecule has 1 aromatic carbocycles. The van der Waals surface area contributed by atoms with Crippen LogP contribution in [0, 0.1) is 6.92 Å². The maximum atomic E-state index is 12.4. The molecule has 1 amide bonds. The number of rotatable bonds is 3. The van der Waals surface area contributed by atoms with Gasteiger partial charge < -0.3 is 9.80 Å². The molecule has 0 saturated carbocycles. The standard InChI is InChI=1S/C15H22N2OS/c1-12-4-6-14(7-5-12)19-13(2)15(18)17-10-8-16(3)9-11-17/h4-7,13H,8-11H2,1-3H3/t13-/m0/s1. The summed E-state index contributed by atoms with van der Waals surface area (Å²) in [6.45, 7) is 7.75. The average molecular weight is 278 g/mol. The van der Waals surface area contributed by atoms with Crippen LogP contribution < -0.4 is 0 Å². The van der Waals surface area contributed by atoms with E-state index in [1.807, 2.05) is 11.8 Å². The molecule has 19 heavy (non-hydrogen) atoms. The zero-order chi connectivity index (χ0) is 13.8. The van der Waals surface area contributed by atoms with Crippen LogP contribution in [0.25, 0.3) is 0 Å². The Labute approximate surface area is 120 Å². The van der Waals surface area contributed by atoms with Crippen LogP contribution in [0.15, 0.2) is 29.2 Å². The van der Waals surface area contributed by atoms with Gasteiger partial charge in [0.1, 0.15) is 0 Å². The largest absolute Gasteiger partial charge is 0.339 e. The van der Waals surface area contributed by atoms with Gasteiger partial charge in [-0.25, -0.2) is 0 Å². The van der Waals surface area contributed by atoms with Crippen molar-refractivity contribution in [3.63, 3.8) is 0 Å². The zero-order valence-electron chi connectivity index (χ0n) is 11.9. The van der Waals surface area contributed by atoms with E-state index in [0.717, 1.165) is 26.2 Å². The number of carbonyl (C=O) groups excluding carboxylic acids is 1. The number of hydrogen-bond acceptors (Lipinski definition) is 3. The lowest BCUT2D eigenvalue weighted by atomic mass is 10.2. The number of carbonyl (C=O) groups is 1. The van der Waals surface area contributed by atoms with Gasteiger partial charge in [0.25, 0.3) is 0 Å². The van der Waals surface area contributed by atoms with Gasteiger partial charge in [0, 0.05) is 31.1 Å². The van der Waals surface area contributed by atoms with E-state index in [4.69, 9.17) is 0 Å². The molecule has 4 heteroatoms. The van der Waals surface area contributed by atoms with Crippen LogP contribution in [0.2, 0.25) is 0 Å². The highest BCUT2D eigenvalue weighted by atomic mass is 32.2. The van der Waals surface area contributed by atoms with Crippen LogP contribution in [0.1, 0.15) is 12.5 Å². The molecule has 1 aliphatic rings. The molecule has 1 heterocycles. The van der Waals surface area contributed by atoms with Gasteiger partial charge in [0.05, 0.1) is 5.25 Å². The van der Waals surface area contributed by atoms with E-state index in [9.17, 15) is 4.79 Å². The second-order valence-electron chi connectivity index (χ2n) is 5.20. The molecule has 0 N–H and O–H groups in total. The Kier molecular flexibility index (Phi) is 4.88. The monoisotopic (exact) mass is 278 g/mol. The van der Waals surface area contributed by atoms with E-state index in [-0.39, 0.29) is 11.2 Å². The third kappa shape index (κ3) is 3.98. The fourth-order valence-electron chi connectivity index (χ4n) is 2.16. The maximum Gasteiger partial charge on any atom is 0.235 e. The highest BCUT2D eigenvalue weighted by Gasteiger charge is 2.24. The van der Waals surface area contributed by atoms with Crippen molar-refractivity contribution in [2.45, 2.75) is 24.0 Å². The normalized spacial score (nSPS) is 18.4. The van der Waals surface area contributed by atoms with Crippen LogP contribution in [0.3, 0.4) is 0 Å². The lowest BCUT2D eigenvalue weighted by Crippen LogP contribution is -2.49. The second kappa shape index (κ2) is 6.44. The lowest BCUT2D eigenvalue weighted by Gasteiger charge is -2.33. The van der Waals surface area contributed by atoms with Crippen molar-refractivity contribution in [1.82, 2.24) is 9.80 Å². The van der Waals surface area contributed by atoms with E-state index in [1.165, 1.54) is 10.5 Å². The molecule has 3 nitrogen and oxygen atoms in total. The molecule has 0 aliphatic carbocycles. The maximum absolute atomic E-state index is 12.4. The Balaban J connectivity index is 1.90. The van der Waals surface area contributed by atoms with Crippen LogP contribution in [0.4, 0.5) is 0 Å². The first kappa shape index (κ1) is 14.4. The third-order valence-electron chi connectivity index (χ3n) is 3.50. The van der Waals surface area contributed by atoms with Gasteiger partial charge in [0.15, 0.2) is 0 Å². The summed E-state index contributed by atoms with van der Waals surface area (Å²) in [6.07, 6.45) is 0. The summed E-state index contributed by atoms with van der Waals surface area (Å²) in [5.74, 6) is 0.263. The molecular weight excluding hydrogens is 256 g/mol. The lowest BCUT2D eigenvalue weighted by molar-refractivity contribution is -0.131. The number of thioether (sulfide) groups is 1. The molecule has 104 valence electrons. The summed E-state index contributed by atoms with van der Waals surface area (Å²) in [6, 6.07) is 8.37. The molecule has 2 rings (SSSR count). The van der Waals surface area contributed by atoms with Crippen molar-refractivity contribution >= 4 is 17.7 Å². The highest BCUT2D eigenvalue weighted by Crippen LogP contribution is 2.25. The molecule has 1 atom stereocenters.